The van der Waals surface area contributed by atoms with Crippen LogP contribution in [0.1, 0.15) is 17.5 Å². The highest BCUT2D eigenvalue weighted by Gasteiger charge is 2.21. The molecule has 2 aromatic heterocycles. The Morgan fingerprint density at radius 1 is 1.16 bits per heavy atom. The van der Waals surface area contributed by atoms with Crippen LogP contribution in [0.5, 0.6) is 5.75 Å². The van der Waals surface area contributed by atoms with E-state index in [4.69, 9.17) is 4.74 Å². The largest absolute Gasteiger partial charge is 0.497 e. The average Bonchev–Trinajstić information content (AvgIpc) is 2.80. The van der Waals surface area contributed by atoms with Crippen molar-refractivity contribution in [3.8, 4) is 22.9 Å². The average molecular weight is 415 g/mol. The lowest BCUT2D eigenvalue weighted by Gasteiger charge is -2.19. The maximum Gasteiger partial charge on any atom is 0.259 e. The number of methoxy groups -OCH3 is 1. The summed E-state index contributed by atoms with van der Waals surface area (Å²) < 4.78 is 20.5. The van der Waals surface area contributed by atoms with Gasteiger partial charge in [0.15, 0.2) is 0 Å². The van der Waals surface area contributed by atoms with Crippen LogP contribution in [0, 0.1) is 17.1 Å². The topological polar surface area (TPSA) is 88.1 Å². The Labute approximate surface area is 177 Å². The van der Waals surface area contributed by atoms with E-state index < -0.39 is 17.5 Å². The summed E-state index contributed by atoms with van der Waals surface area (Å²) in [5.41, 5.74) is 0.788. The third-order valence-corrected chi connectivity index (χ3v) is 5.08. The van der Waals surface area contributed by atoms with Gasteiger partial charge in [-0.1, -0.05) is 18.2 Å². The van der Waals surface area contributed by atoms with E-state index in [1.807, 2.05) is 0 Å². The van der Waals surface area contributed by atoms with Crippen LogP contribution in [0.25, 0.3) is 21.9 Å². The first kappa shape index (κ1) is 20.3. The van der Waals surface area contributed by atoms with Crippen molar-refractivity contribution in [2.45, 2.75) is 12.6 Å². The first-order chi connectivity index (χ1) is 15.0. The van der Waals surface area contributed by atoms with E-state index >= 15 is 0 Å². The number of fused-ring (bicyclic) bond motifs is 1. The zero-order valence-corrected chi connectivity index (χ0v) is 16.6. The van der Waals surface area contributed by atoms with Gasteiger partial charge in [-0.05, 0) is 48.0 Å². The highest BCUT2D eigenvalue weighted by Crippen LogP contribution is 2.33. The molecule has 154 valence electrons. The Morgan fingerprint density at radius 2 is 2.00 bits per heavy atom. The molecule has 6 nitrogen and oxygen atoms in total. The van der Waals surface area contributed by atoms with E-state index in [-0.39, 0.29) is 12.2 Å². The van der Waals surface area contributed by atoms with Crippen LogP contribution < -0.4 is 10.3 Å². The molecular formula is C24H18FN3O3. The highest BCUT2D eigenvalue weighted by atomic mass is 19.1. The van der Waals surface area contributed by atoms with Gasteiger partial charge >= 0.3 is 0 Å². The molecule has 0 bridgehead atoms. The quantitative estimate of drug-likeness (QED) is 0.535. The Balaban J connectivity index is 2.02. The van der Waals surface area contributed by atoms with Crippen LogP contribution >= 0.6 is 0 Å². The number of aromatic nitrogens is 2. The second-order valence-corrected chi connectivity index (χ2v) is 6.94. The molecule has 0 aliphatic carbocycles. The van der Waals surface area contributed by atoms with Gasteiger partial charge < -0.3 is 9.84 Å². The van der Waals surface area contributed by atoms with Crippen molar-refractivity contribution in [1.82, 2.24) is 9.55 Å². The van der Waals surface area contributed by atoms with Crippen molar-refractivity contribution in [3.05, 3.63) is 94.4 Å². The fourth-order valence-electron chi connectivity index (χ4n) is 3.62. The normalized spacial score (nSPS) is 11.8. The summed E-state index contributed by atoms with van der Waals surface area (Å²) >= 11 is 0. The van der Waals surface area contributed by atoms with Crippen molar-refractivity contribution in [2.75, 3.05) is 7.11 Å². The summed E-state index contributed by atoms with van der Waals surface area (Å²) in [6.45, 7) is -0.178. The summed E-state index contributed by atoms with van der Waals surface area (Å²) in [6, 6.07) is 17.9. The number of benzene rings is 2. The number of pyridine rings is 2. The number of halogens is 1. The van der Waals surface area contributed by atoms with E-state index in [1.54, 1.807) is 42.5 Å². The highest BCUT2D eigenvalue weighted by molar-refractivity contribution is 5.99. The molecule has 0 radical (unpaired) electrons. The number of aliphatic hydroxyl groups is 1. The molecule has 0 fully saturated rings. The predicted molar refractivity (Wildman–Crippen MR) is 114 cm³/mol. The SMILES string of the molecule is COc1ccc2c(=O)n(C[C@@H](O)c3ccccn3)c(C#N)c(-c3cccc(F)c3)c2c1. The molecule has 2 heterocycles. The van der Waals surface area contributed by atoms with Crippen molar-refractivity contribution in [2.24, 2.45) is 0 Å². The number of ether oxygens (including phenoxy) is 1. The number of hydrogen-bond donors (Lipinski definition) is 1. The van der Waals surface area contributed by atoms with E-state index in [0.29, 0.717) is 33.3 Å². The Hall–Kier alpha value is -4.02. The van der Waals surface area contributed by atoms with Crippen LogP contribution in [0.2, 0.25) is 0 Å². The van der Waals surface area contributed by atoms with Crippen molar-refractivity contribution in [1.29, 1.82) is 5.26 Å². The summed E-state index contributed by atoms with van der Waals surface area (Å²) in [4.78, 5) is 17.4. The van der Waals surface area contributed by atoms with Gasteiger partial charge in [0.2, 0.25) is 0 Å². The second-order valence-electron chi connectivity index (χ2n) is 6.94. The third kappa shape index (κ3) is 3.77. The van der Waals surface area contributed by atoms with Crippen molar-refractivity contribution >= 4 is 10.8 Å². The molecule has 4 aromatic rings. The predicted octanol–water partition coefficient (Wildman–Crippen LogP) is 3.82. The maximum absolute atomic E-state index is 14.0. The number of rotatable bonds is 5. The molecule has 1 atom stereocenters. The summed E-state index contributed by atoms with van der Waals surface area (Å²) in [5, 5.41) is 21.5. The molecule has 31 heavy (non-hydrogen) atoms. The lowest BCUT2D eigenvalue weighted by molar-refractivity contribution is 0.150. The van der Waals surface area contributed by atoms with Crippen molar-refractivity contribution in [3.63, 3.8) is 0 Å². The summed E-state index contributed by atoms with van der Waals surface area (Å²) in [6.07, 6.45) is 0.430. The van der Waals surface area contributed by atoms with E-state index in [9.17, 15) is 19.6 Å². The molecule has 4 rings (SSSR count). The number of nitriles is 1. The lowest BCUT2D eigenvalue weighted by atomic mass is 9.96. The standard InChI is InChI=1S/C24H18FN3O3/c1-31-17-8-9-18-19(12-17)23(15-5-4-6-16(25)11-15)21(13-26)28(24(18)30)14-22(29)20-7-2-3-10-27-20/h2-12,22,29H,14H2,1H3/t22-/m1/s1. The van der Waals surface area contributed by atoms with Gasteiger partial charge in [0.25, 0.3) is 5.56 Å². The van der Waals surface area contributed by atoms with Crippen LogP contribution in [-0.4, -0.2) is 21.8 Å². The van der Waals surface area contributed by atoms with Gasteiger partial charge in [0.1, 0.15) is 29.4 Å². The molecule has 0 amide bonds. The molecule has 0 unspecified atom stereocenters. The molecule has 0 saturated heterocycles. The first-order valence-electron chi connectivity index (χ1n) is 9.53. The zero-order chi connectivity index (χ0) is 22.0. The van der Waals surface area contributed by atoms with Gasteiger partial charge in [-0.2, -0.15) is 5.26 Å². The van der Waals surface area contributed by atoms with Gasteiger partial charge in [0.05, 0.1) is 19.3 Å². The molecule has 7 heteroatoms. The van der Waals surface area contributed by atoms with Gasteiger partial charge in [-0.25, -0.2) is 4.39 Å². The monoisotopic (exact) mass is 415 g/mol. The molecule has 0 aliphatic heterocycles. The molecular weight excluding hydrogens is 397 g/mol. The third-order valence-electron chi connectivity index (χ3n) is 5.08. The molecule has 0 saturated carbocycles. The Morgan fingerprint density at radius 3 is 2.68 bits per heavy atom. The minimum atomic E-state index is -1.11. The molecule has 0 aliphatic rings. The Kier molecular flexibility index (Phi) is 5.48. The fourth-order valence-corrected chi connectivity index (χ4v) is 3.62. The molecule has 2 aromatic carbocycles. The van der Waals surface area contributed by atoms with Crippen molar-refractivity contribution < 1.29 is 14.2 Å². The molecule has 1 N–H and O–H groups in total. The van der Waals surface area contributed by atoms with Crippen LogP contribution in [0.3, 0.4) is 0 Å². The smallest absolute Gasteiger partial charge is 0.259 e. The van der Waals surface area contributed by atoms with E-state index in [2.05, 4.69) is 11.1 Å². The number of nitrogens with zero attached hydrogens (tertiary/aromatic N) is 3. The zero-order valence-electron chi connectivity index (χ0n) is 16.6. The summed E-state index contributed by atoms with van der Waals surface area (Å²) in [7, 11) is 1.50. The van der Waals surface area contributed by atoms with E-state index in [0.717, 1.165) is 0 Å². The fraction of sp³-hybridized carbons (Fsp3) is 0.125. The Bertz CT molecular complexity index is 1360. The van der Waals surface area contributed by atoms with Gasteiger partial charge in [0, 0.05) is 22.5 Å². The van der Waals surface area contributed by atoms with Crippen LogP contribution in [0.4, 0.5) is 4.39 Å². The first-order valence-corrected chi connectivity index (χ1v) is 9.53. The number of aliphatic hydroxyl groups excluding tert-OH is 1. The van der Waals surface area contributed by atoms with Crippen LogP contribution in [-0.2, 0) is 6.54 Å². The van der Waals surface area contributed by atoms with Crippen LogP contribution in [0.15, 0.2) is 71.7 Å². The lowest BCUT2D eigenvalue weighted by Crippen LogP contribution is -2.27. The van der Waals surface area contributed by atoms with Gasteiger partial charge in [-0.3, -0.25) is 14.3 Å². The minimum Gasteiger partial charge on any atom is -0.497 e. The maximum atomic E-state index is 14.0. The summed E-state index contributed by atoms with van der Waals surface area (Å²) in [5.74, 6) is 0.0309. The minimum absolute atomic E-state index is 0.0198. The van der Waals surface area contributed by atoms with Gasteiger partial charge in [-0.15, -0.1) is 0 Å². The molecule has 0 spiro atoms. The van der Waals surface area contributed by atoms with E-state index in [1.165, 1.54) is 36.1 Å². The number of hydrogen-bond acceptors (Lipinski definition) is 5. The second kappa shape index (κ2) is 8.38.